The van der Waals surface area contributed by atoms with Gasteiger partial charge in [-0.2, -0.15) is 0 Å². The zero-order valence-corrected chi connectivity index (χ0v) is 17.7. The number of rotatable bonds is 9. The molecule has 0 atom stereocenters. The van der Waals surface area contributed by atoms with Crippen molar-refractivity contribution in [3.63, 3.8) is 0 Å². The fourth-order valence-electron chi connectivity index (χ4n) is 3.36. The molecule has 0 radical (unpaired) electrons. The van der Waals surface area contributed by atoms with E-state index in [-0.39, 0.29) is 31.0 Å². The van der Waals surface area contributed by atoms with Crippen LogP contribution in [-0.2, 0) is 22.5 Å². The van der Waals surface area contributed by atoms with Crippen LogP contribution in [0.25, 0.3) is 0 Å². The van der Waals surface area contributed by atoms with Crippen LogP contribution in [0.5, 0.6) is 0 Å². The molecule has 0 aliphatic heterocycles. The maximum Gasteiger partial charge on any atom is 0.330 e. The van der Waals surface area contributed by atoms with Crippen LogP contribution in [0.2, 0.25) is 0 Å². The summed E-state index contributed by atoms with van der Waals surface area (Å²) in [5, 5.41) is 0. The summed E-state index contributed by atoms with van der Waals surface area (Å²) in [6, 6.07) is 14.7. The fraction of sp³-hybridized carbons (Fsp3) is 0.261. The van der Waals surface area contributed by atoms with Crippen molar-refractivity contribution in [2.45, 2.75) is 19.4 Å². The van der Waals surface area contributed by atoms with Gasteiger partial charge in [-0.15, -0.1) is 0 Å². The first-order valence-electron chi connectivity index (χ1n) is 10.1. The molecule has 0 saturated carbocycles. The average molecular weight is 440 g/mol. The van der Waals surface area contributed by atoms with Crippen LogP contribution >= 0.6 is 0 Å². The fourth-order valence-corrected chi connectivity index (χ4v) is 3.36. The Kier molecular flexibility index (Phi) is 7.56. The van der Waals surface area contributed by atoms with Crippen molar-refractivity contribution < 1.29 is 13.9 Å². The van der Waals surface area contributed by atoms with Crippen molar-refractivity contribution in [2.24, 2.45) is 0 Å². The van der Waals surface area contributed by atoms with Gasteiger partial charge in [0.1, 0.15) is 11.6 Å². The van der Waals surface area contributed by atoms with E-state index in [1.165, 1.54) is 40.8 Å². The van der Waals surface area contributed by atoms with Gasteiger partial charge >= 0.3 is 5.69 Å². The molecular weight excluding hydrogens is 415 g/mol. The second-order valence-electron chi connectivity index (χ2n) is 7.26. The molecule has 0 bridgehead atoms. The summed E-state index contributed by atoms with van der Waals surface area (Å²) < 4.78 is 19.5. The Labute approximate surface area is 184 Å². The lowest BCUT2D eigenvalue weighted by molar-refractivity contribution is -0.118. The highest BCUT2D eigenvalue weighted by Crippen LogP contribution is 2.20. The van der Waals surface area contributed by atoms with Gasteiger partial charge in [-0.25, -0.2) is 9.18 Å². The van der Waals surface area contributed by atoms with Crippen LogP contribution in [0.15, 0.2) is 64.2 Å². The molecule has 0 aliphatic carbocycles. The molecule has 0 fully saturated rings. The molecule has 0 spiro atoms. The third kappa shape index (κ3) is 5.50. The van der Waals surface area contributed by atoms with E-state index in [2.05, 4.69) is 4.98 Å². The quantitative estimate of drug-likeness (QED) is 0.494. The van der Waals surface area contributed by atoms with Crippen LogP contribution in [0.4, 0.5) is 15.9 Å². The number of carbonyl (C=O) groups excluding carboxylic acids is 1. The average Bonchev–Trinajstić information content (AvgIpc) is 2.77. The Hall–Kier alpha value is -3.72. The van der Waals surface area contributed by atoms with Crippen molar-refractivity contribution >= 4 is 17.4 Å². The van der Waals surface area contributed by atoms with Gasteiger partial charge in [0.05, 0.1) is 13.0 Å². The molecule has 168 valence electrons. The number of nitrogens with one attached hydrogen (secondary N) is 1. The standard InChI is InChI=1S/C23H25FN4O4/c1-32-13-5-12-27(19(29)14-16-8-10-18(24)11-9-16)20-21(25)28(23(31)26-22(20)30)15-17-6-3-2-4-7-17/h2-4,6-11H,5,12-15,25H2,1H3,(H,26,30,31). The summed E-state index contributed by atoms with van der Waals surface area (Å²) in [6.07, 6.45) is 0.381. The van der Waals surface area contributed by atoms with E-state index >= 15 is 0 Å². The van der Waals surface area contributed by atoms with Gasteiger partial charge in [0.2, 0.25) is 5.91 Å². The van der Waals surface area contributed by atoms with Gasteiger partial charge < -0.3 is 15.4 Å². The number of nitrogens with two attached hydrogens (primary N) is 1. The number of hydrogen-bond acceptors (Lipinski definition) is 5. The largest absolute Gasteiger partial charge is 0.385 e. The molecule has 9 heteroatoms. The lowest BCUT2D eigenvalue weighted by Gasteiger charge is -2.24. The second kappa shape index (κ2) is 10.5. The molecule has 3 N–H and O–H groups in total. The molecule has 1 aromatic heterocycles. The Balaban J connectivity index is 2.00. The monoisotopic (exact) mass is 440 g/mol. The number of nitrogens with zero attached hydrogens (tertiary/aromatic N) is 2. The van der Waals surface area contributed by atoms with Crippen LogP contribution in [0, 0.1) is 5.82 Å². The number of carbonyl (C=O) groups is 1. The number of hydrogen-bond donors (Lipinski definition) is 2. The topological polar surface area (TPSA) is 110 Å². The predicted molar refractivity (Wildman–Crippen MR) is 120 cm³/mol. The smallest absolute Gasteiger partial charge is 0.330 e. The van der Waals surface area contributed by atoms with Gasteiger partial charge in [-0.3, -0.25) is 19.1 Å². The van der Waals surface area contributed by atoms with Crippen molar-refractivity contribution in [1.82, 2.24) is 9.55 Å². The minimum absolute atomic E-state index is 0.0655. The number of amides is 1. The molecule has 32 heavy (non-hydrogen) atoms. The number of halogens is 1. The third-order valence-corrected chi connectivity index (χ3v) is 4.97. The number of benzene rings is 2. The van der Waals surface area contributed by atoms with Crippen LogP contribution in [0.1, 0.15) is 17.5 Å². The summed E-state index contributed by atoms with van der Waals surface area (Å²) in [7, 11) is 1.53. The van der Waals surface area contributed by atoms with E-state index in [4.69, 9.17) is 10.5 Å². The summed E-state index contributed by atoms with van der Waals surface area (Å²) in [4.78, 5) is 41.9. The van der Waals surface area contributed by atoms with Gasteiger partial charge in [-0.1, -0.05) is 42.5 Å². The molecule has 3 aromatic rings. The Morgan fingerprint density at radius 3 is 2.44 bits per heavy atom. The van der Waals surface area contributed by atoms with Crippen molar-refractivity contribution in [3.05, 3.63) is 92.4 Å². The maximum absolute atomic E-state index is 13.2. The van der Waals surface area contributed by atoms with Crippen molar-refractivity contribution in [3.8, 4) is 0 Å². The first-order chi connectivity index (χ1) is 15.4. The zero-order valence-electron chi connectivity index (χ0n) is 17.7. The Morgan fingerprint density at radius 2 is 1.78 bits per heavy atom. The molecule has 3 rings (SSSR count). The number of anilines is 2. The summed E-state index contributed by atoms with van der Waals surface area (Å²) in [5.74, 6) is -0.922. The summed E-state index contributed by atoms with van der Waals surface area (Å²) >= 11 is 0. The minimum atomic E-state index is -0.748. The highest BCUT2D eigenvalue weighted by Gasteiger charge is 2.24. The van der Waals surface area contributed by atoms with E-state index in [0.29, 0.717) is 18.6 Å². The SMILES string of the molecule is COCCCN(C(=O)Cc1ccc(F)cc1)c1c(N)n(Cc2ccccc2)c(=O)[nH]c1=O. The predicted octanol–water partition coefficient (Wildman–Crippen LogP) is 1.92. The number of ether oxygens (including phenoxy) is 1. The molecule has 0 saturated heterocycles. The van der Waals surface area contributed by atoms with Gasteiger partial charge in [-0.05, 0) is 29.7 Å². The molecular formula is C23H25FN4O4. The minimum Gasteiger partial charge on any atom is -0.385 e. The van der Waals surface area contributed by atoms with Gasteiger partial charge in [0, 0.05) is 20.3 Å². The first kappa shape index (κ1) is 23.0. The molecule has 1 heterocycles. The van der Waals surface area contributed by atoms with Crippen LogP contribution < -0.4 is 21.9 Å². The van der Waals surface area contributed by atoms with Gasteiger partial charge in [0.15, 0.2) is 5.69 Å². The lowest BCUT2D eigenvalue weighted by atomic mass is 10.1. The third-order valence-electron chi connectivity index (χ3n) is 4.97. The second-order valence-corrected chi connectivity index (χ2v) is 7.26. The number of methoxy groups -OCH3 is 1. The normalized spacial score (nSPS) is 10.8. The molecule has 0 unspecified atom stereocenters. The molecule has 2 aromatic carbocycles. The number of H-pyrrole nitrogens is 1. The highest BCUT2D eigenvalue weighted by molar-refractivity contribution is 5.96. The van der Waals surface area contributed by atoms with Crippen LogP contribution in [0.3, 0.4) is 0 Å². The summed E-state index contributed by atoms with van der Waals surface area (Å²) in [5.41, 5.74) is 6.14. The number of nitrogen functional groups attached to an aromatic ring is 1. The molecule has 8 nitrogen and oxygen atoms in total. The van der Waals surface area contributed by atoms with Crippen LogP contribution in [-0.4, -0.2) is 35.7 Å². The maximum atomic E-state index is 13.2. The van der Waals surface area contributed by atoms with Crippen molar-refractivity contribution in [1.29, 1.82) is 0 Å². The Bertz CT molecular complexity index is 1170. The van der Waals surface area contributed by atoms with Gasteiger partial charge in [0.25, 0.3) is 5.56 Å². The summed E-state index contributed by atoms with van der Waals surface area (Å²) in [6.45, 7) is 0.653. The van der Waals surface area contributed by atoms with E-state index in [0.717, 1.165) is 5.56 Å². The number of aromatic nitrogens is 2. The number of aromatic amines is 1. The first-order valence-corrected chi connectivity index (χ1v) is 10.1. The van der Waals surface area contributed by atoms with Crippen molar-refractivity contribution in [2.75, 3.05) is 30.9 Å². The Morgan fingerprint density at radius 1 is 1.09 bits per heavy atom. The lowest BCUT2D eigenvalue weighted by Crippen LogP contribution is -2.42. The van der Waals surface area contributed by atoms with E-state index in [9.17, 15) is 18.8 Å². The molecule has 0 aliphatic rings. The zero-order chi connectivity index (χ0) is 23.1. The van der Waals surface area contributed by atoms with E-state index < -0.39 is 23.0 Å². The van der Waals surface area contributed by atoms with E-state index in [1.807, 2.05) is 30.3 Å². The molecule has 1 amide bonds. The highest BCUT2D eigenvalue weighted by atomic mass is 19.1. The van der Waals surface area contributed by atoms with E-state index in [1.54, 1.807) is 0 Å².